The number of rotatable bonds is 3. The second-order valence-electron chi connectivity index (χ2n) is 2.53. The predicted molar refractivity (Wildman–Crippen MR) is 42.6 cm³/mol. The van der Waals surface area contributed by atoms with E-state index in [0.29, 0.717) is 5.82 Å². The largest absolute Gasteiger partial charge is 0.477 e. The molecular weight excluding hydrogens is 188 g/mol. The zero-order valence-electron chi connectivity index (χ0n) is 6.99. The minimum atomic E-state index is -1.04. The second-order valence-corrected chi connectivity index (χ2v) is 2.53. The topological polar surface area (TPSA) is 94.0 Å². The van der Waals surface area contributed by atoms with Crippen LogP contribution in [0.1, 0.15) is 16.3 Å². The van der Waals surface area contributed by atoms with E-state index in [-0.39, 0.29) is 12.2 Å². The van der Waals surface area contributed by atoms with Crippen molar-refractivity contribution in [2.75, 3.05) is 0 Å². The van der Waals surface area contributed by atoms with Gasteiger partial charge in [0.2, 0.25) is 6.39 Å². The van der Waals surface area contributed by atoms with Gasteiger partial charge in [-0.1, -0.05) is 5.16 Å². The van der Waals surface area contributed by atoms with E-state index in [4.69, 9.17) is 5.11 Å². The van der Waals surface area contributed by atoms with E-state index in [1.807, 2.05) is 0 Å². The van der Waals surface area contributed by atoms with E-state index in [1.54, 1.807) is 0 Å². The maximum Gasteiger partial charge on any atom is 0.354 e. The number of aromatic nitrogens is 4. The zero-order valence-corrected chi connectivity index (χ0v) is 6.99. The Kier molecular flexibility index (Phi) is 1.98. The monoisotopic (exact) mass is 194 g/mol. The van der Waals surface area contributed by atoms with Crippen LogP contribution in [0, 0.1) is 0 Å². The van der Waals surface area contributed by atoms with Gasteiger partial charge in [0.15, 0.2) is 5.82 Å². The highest BCUT2D eigenvalue weighted by Gasteiger charge is 2.11. The van der Waals surface area contributed by atoms with Gasteiger partial charge in [0, 0.05) is 6.20 Å². The Labute approximate surface area is 78.0 Å². The molecule has 1 N–H and O–H groups in total. The van der Waals surface area contributed by atoms with E-state index in [2.05, 4.69) is 19.8 Å². The molecule has 72 valence electrons. The molecule has 0 fully saturated rings. The van der Waals surface area contributed by atoms with E-state index in [1.165, 1.54) is 23.3 Å². The summed E-state index contributed by atoms with van der Waals surface area (Å²) in [6.07, 6.45) is 2.59. The quantitative estimate of drug-likeness (QED) is 0.739. The van der Waals surface area contributed by atoms with Crippen LogP contribution in [0.5, 0.6) is 0 Å². The van der Waals surface area contributed by atoms with Crippen molar-refractivity contribution in [2.24, 2.45) is 0 Å². The third-order valence-electron chi connectivity index (χ3n) is 1.63. The Hall–Kier alpha value is -2.18. The molecular formula is C7H6N4O3. The Morgan fingerprint density at radius 3 is 3.14 bits per heavy atom. The summed E-state index contributed by atoms with van der Waals surface area (Å²) in [5.41, 5.74) is 0.0924. The molecule has 0 spiro atoms. The van der Waals surface area contributed by atoms with Crippen LogP contribution in [0.15, 0.2) is 23.2 Å². The van der Waals surface area contributed by atoms with Gasteiger partial charge in [-0.15, -0.1) is 0 Å². The molecule has 0 saturated heterocycles. The van der Waals surface area contributed by atoms with Gasteiger partial charge < -0.3 is 9.63 Å². The maximum absolute atomic E-state index is 10.7. The van der Waals surface area contributed by atoms with Gasteiger partial charge >= 0.3 is 5.97 Å². The summed E-state index contributed by atoms with van der Waals surface area (Å²) in [5.74, 6) is -0.651. The van der Waals surface area contributed by atoms with Crippen LogP contribution < -0.4 is 0 Å². The highest BCUT2D eigenvalue weighted by molar-refractivity contribution is 5.85. The van der Waals surface area contributed by atoms with Crippen molar-refractivity contribution in [1.29, 1.82) is 0 Å². The van der Waals surface area contributed by atoms with E-state index in [0.717, 1.165) is 0 Å². The van der Waals surface area contributed by atoms with Gasteiger partial charge in [-0.2, -0.15) is 10.1 Å². The molecule has 0 atom stereocenters. The van der Waals surface area contributed by atoms with Crippen molar-refractivity contribution < 1.29 is 14.4 Å². The molecule has 0 amide bonds. The molecule has 0 bridgehead atoms. The lowest BCUT2D eigenvalue weighted by atomic mass is 10.4. The first-order valence-electron chi connectivity index (χ1n) is 3.78. The summed E-state index contributed by atoms with van der Waals surface area (Å²) < 4.78 is 5.80. The molecule has 0 aliphatic rings. The molecule has 2 rings (SSSR count). The molecule has 2 aromatic rings. The predicted octanol–water partition coefficient (Wildman–Crippen LogP) is 0.0126. The summed E-state index contributed by atoms with van der Waals surface area (Å²) in [6.45, 7) is 0.186. The summed E-state index contributed by atoms with van der Waals surface area (Å²) in [5, 5.41) is 16.1. The smallest absolute Gasteiger partial charge is 0.354 e. The van der Waals surface area contributed by atoms with Crippen LogP contribution in [-0.4, -0.2) is 31.0 Å². The van der Waals surface area contributed by atoms with Crippen LogP contribution in [-0.2, 0) is 6.54 Å². The molecule has 14 heavy (non-hydrogen) atoms. The summed E-state index contributed by atoms with van der Waals surface area (Å²) in [7, 11) is 0. The fourth-order valence-corrected chi connectivity index (χ4v) is 1.04. The third kappa shape index (κ3) is 1.47. The first kappa shape index (κ1) is 8.42. The Balaban J connectivity index is 2.25. The number of nitrogens with zero attached hydrogens (tertiary/aromatic N) is 4. The van der Waals surface area contributed by atoms with Gasteiger partial charge in [-0.25, -0.2) is 4.79 Å². The van der Waals surface area contributed by atoms with Crippen molar-refractivity contribution in [3.8, 4) is 0 Å². The van der Waals surface area contributed by atoms with Crippen LogP contribution >= 0.6 is 0 Å². The number of carbonyl (C=O) groups is 1. The van der Waals surface area contributed by atoms with Crippen molar-refractivity contribution in [2.45, 2.75) is 6.54 Å². The number of hydrogen-bond acceptors (Lipinski definition) is 5. The lowest BCUT2D eigenvalue weighted by molar-refractivity contribution is 0.0684. The lowest BCUT2D eigenvalue weighted by Crippen LogP contribution is -2.11. The molecule has 7 heteroatoms. The first-order valence-corrected chi connectivity index (χ1v) is 3.78. The van der Waals surface area contributed by atoms with Crippen LogP contribution in [0.3, 0.4) is 0 Å². The van der Waals surface area contributed by atoms with Crippen LogP contribution in [0.2, 0.25) is 0 Å². The number of carboxylic acid groups (broad SMARTS) is 1. The fraction of sp³-hybridized carbons (Fsp3) is 0.143. The van der Waals surface area contributed by atoms with E-state index < -0.39 is 5.97 Å². The highest BCUT2D eigenvalue weighted by Crippen LogP contribution is 2.01. The summed E-state index contributed by atoms with van der Waals surface area (Å²) >= 11 is 0. The van der Waals surface area contributed by atoms with Crippen LogP contribution in [0.25, 0.3) is 0 Å². The van der Waals surface area contributed by atoms with Crippen molar-refractivity contribution in [3.05, 3.63) is 30.2 Å². The average Bonchev–Trinajstić information content (AvgIpc) is 2.75. The number of aromatic carboxylic acids is 1. The molecule has 0 radical (unpaired) electrons. The van der Waals surface area contributed by atoms with E-state index in [9.17, 15) is 4.79 Å². The first-order chi connectivity index (χ1) is 6.77. The van der Waals surface area contributed by atoms with Crippen molar-refractivity contribution in [1.82, 2.24) is 19.9 Å². The van der Waals surface area contributed by atoms with Crippen molar-refractivity contribution in [3.63, 3.8) is 0 Å². The van der Waals surface area contributed by atoms with Crippen molar-refractivity contribution >= 4 is 5.97 Å². The standard InChI is InChI=1S/C7H6N4O3/c12-7(13)5-1-2-9-11(5)3-6-8-4-14-10-6/h1-2,4H,3H2,(H,12,13). The average molecular weight is 194 g/mol. The maximum atomic E-state index is 10.7. The van der Waals surface area contributed by atoms with Crippen LogP contribution in [0.4, 0.5) is 0 Å². The van der Waals surface area contributed by atoms with Gasteiger partial charge in [0.05, 0.1) is 0 Å². The van der Waals surface area contributed by atoms with Gasteiger partial charge in [-0.05, 0) is 6.07 Å². The summed E-state index contributed by atoms with van der Waals surface area (Å²) in [6, 6.07) is 1.41. The normalized spacial score (nSPS) is 10.3. The Morgan fingerprint density at radius 2 is 2.50 bits per heavy atom. The van der Waals surface area contributed by atoms with Gasteiger partial charge in [-0.3, -0.25) is 4.68 Å². The molecule has 2 heterocycles. The van der Waals surface area contributed by atoms with E-state index >= 15 is 0 Å². The zero-order chi connectivity index (χ0) is 9.97. The van der Waals surface area contributed by atoms with Gasteiger partial charge in [0.1, 0.15) is 12.2 Å². The summed E-state index contributed by atoms with van der Waals surface area (Å²) in [4.78, 5) is 14.4. The molecule has 0 aliphatic heterocycles. The SMILES string of the molecule is O=C(O)c1ccnn1Cc1ncon1. The minimum absolute atomic E-state index is 0.0924. The molecule has 2 aromatic heterocycles. The molecule has 0 unspecified atom stereocenters. The minimum Gasteiger partial charge on any atom is -0.477 e. The molecule has 7 nitrogen and oxygen atoms in total. The fourth-order valence-electron chi connectivity index (χ4n) is 1.04. The Bertz CT molecular complexity index is 433. The second kappa shape index (κ2) is 3.29. The molecule has 0 aliphatic carbocycles. The van der Waals surface area contributed by atoms with Gasteiger partial charge in [0.25, 0.3) is 0 Å². The lowest BCUT2D eigenvalue weighted by Gasteiger charge is -1.99. The molecule has 0 aromatic carbocycles. The number of carboxylic acids is 1. The highest BCUT2D eigenvalue weighted by atomic mass is 16.5. The Morgan fingerprint density at radius 1 is 1.64 bits per heavy atom. The number of hydrogen-bond donors (Lipinski definition) is 1. The molecule has 0 saturated carbocycles. The third-order valence-corrected chi connectivity index (χ3v) is 1.63.